The van der Waals surface area contributed by atoms with Crippen LogP contribution in [0.1, 0.15) is 44.1 Å². The minimum Gasteiger partial charge on any atom is -0.489 e. The van der Waals surface area contributed by atoms with Crippen molar-refractivity contribution >= 4 is 10.0 Å². The number of benzene rings is 1. The molecule has 3 N–H and O–H groups in total. The summed E-state index contributed by atoms with van der Waals surface area (Å²) in [6.45, 7) is 0.290. The third-order valence-corrected chi connectivity index (χ3v) is 6.76. The summed E-state index contributed by atoms with van der Waals surface area (Å²) < 4.78 is 44.3. The van der Waals surface area contributed by atoms with Gasteiger partial charge >= 0.3 is 0 Å². The highest BCUT2D eigenvalue weighted by molar-refractivity contribution is 7.88. The van der Waals surface area contributed by atoms with Gasteiger partial charge < -0.3 is 10.5 Å². The Morgan fingerprint density at radius 2 is 1.77 bits per heavy atom. The summed E-state index contributed by atoms with van der Waals surface area (Å²) in [6.07, 6.45) is 7.31. The van der Waals surface area contributed by atoms with E-state index in [1.165, 1.54) is 11.8 Å². The minimum atomic E-state index is -3.18. The van der Waals surface area contributed by atoms with Gasteiger partial charge in [-0.05, 0) is 61.6 Å². The third-order valence-electron chi connectivity index (χ3n) is 5.96. The molecule has 7 heteroatoms. The Bertz CT molecular complexity index is 750. The number of halogens is 1. The largest absolute Gasteiger partial charge is 0.489 e. The van der Waals surface area contributed by atoms with E-state index >= 15 is 0 Å². The van der Waals surface area contributed by atoms with Crippen LogP contribution in [-0.2, 0) is 15.4 Å². The zero-order valence-electron chi connectivity index (χ0n) is 15.1. The maximum Gasteiger partial charge on any atom is 0.209 e. The fourth-order valence-electron chi connectivity index (χ4n) is 4.38. The molecule has 3 aliphatic rings. The molecule has 1 aromatic rings. The molecule has 144 valence electrons. The molecular weight excluding hydrogens is 355 g/mol. The Labute approximate surface area is 154 Å². The van der Waals surface area contributed by atoms with Gasteiger partial charge in [-0.15, -0.1) is 0 Å². The number of hydrogen-bond acceptors (Lipinski definition) is 4. The van der Waals surface area contributed by atoms with Gasteiger partial charge in [-0.1, -0.05) is 12.1 Å². The van der Waals surface area contributed by atoms with Crippen LogP contribution < -0.4 is 15.2 Å². The minimum absolute atomic E-state index is 0.126. The third kappa shape index (κ3) is 4.10. The lowest BCUT2D eigenvalue weighted by Gasteiger charge is -2.53. The highest BCUT2D eigenvalue weighted by Gasteiger charge is 2.50. The van der Waals surface area contributed by atoms with Crippen LogP contribution in [-0.4, -0.2) is 33.4 Å². The molecule has 0 aromatic heterocycles. The molecule has 0 atom stereocenters. The van der Waals surface area contributed by atoms with Crippen LogP contribution in [0.2, 0.25) is 0 Å². The first-order chi connectivity index (χ1) is 12.3. The molecule has 0 heterocycles. The number of nitrogens with one attached hydrogen (secondary N) is 1. The molecular formula is C19H27FN2O3S. The van der Waals surface area contributed by atoms with Crippen LogP contribution >= 0.6 is 0 Å². The lowest BCUT2D eigenvalue weighted by atomic mass is 9.55. The van der Waals surface area contributed by atoms with Crippen LogP contribution in [0, 0.1) is 0 Å². The predicted molar refractivity (Wildman–Crippen MR) is 100 cm³/mol. The lowest BCUT2D eigenvalue weighted by Crippen LogP contribution is -2.57. The Hall–Kier alpha value is -1.44. The molecule has 0 radical (unpaired) electrons. The van der Waals surface area contributed by atoms with Crippen molar-refractivity contribution in [3.05, 3.63) is 41.7 Å². The molecule has 3 aliphatic carbocycles. The summed E-state index contributed by atoms with van der Waals surface area (Å²) in [6, 6.07) is 8.00. The second kappa shape index (κ2) is 7.29. The summed E-state index contributed by atoms with van der Waals surface area (Å²) in [5.74, 6) is 0.692. The smallest absolute Gasteiger partial charge is 0.209 e. The molecule has 0 unspecified atom stereocenters. The molecule has 3 saturated carbocycles. The standard InChI is InChI=1S/C19H27FN2O3S/c1-26(23,24)22-19-9-6-18(7-10-19,8-11-19)16-2-4-17(5-3-16)25-14-15(12-20)13-21/h2-5,12,22H,6-11,13-14,21H2,1H3. The van der Waals surface area contributed by atoms with Gasteiger partial charge in [0.05, 0.1) is 12.6 Å². The van der Waals surface area contributed by atoms with Crippen molar-refractivity contribution < 1.29 is 17.5 Å². The highest BCUT2D eigenvalue weighted by Crippen LogP contribution is 2.53. The van der Waals surface area contributed by atoms with Gasteiger partial charge in [0.2, 0.25) is 10.0 Å². The first-order valence-corrected chi connectivity index (χ1v) is 10.9. The van der Waals surface area contributed by atoms with Gasteiger partial charge in [0, 0.05) is 17.7 Å². The summed E-state index contributed by atoms with van der Waals surface area (Å²) >= 11 is 0. The molecule has 0 spiro atoms. The monoisotopic (exact) mass is 382 g/mol. The Morgan fingerprint density at radius 1 is 1.19 bits per heavy atom. The summed E-state index contributed by atoms with van der Waals surface area (Å²) in [7, 11) is -3.18. The maximum absolute atomic E-state index is 12.5. The van der Waals surface area contributed by atoms with Crippen LogP contribution in [0.3, 0.4) is 0 Å². The molecule has 4 rings (SSSR count). The van der Waals surface area contributed by atoms with Crippen molar-refractivity contribution in [2.45, 2.75) is 49.5 Å². The first-order valence-electron chi connectivity index (χ1n) is 9.00. The second-order valence-electron chi connectivity index (χ2n) is 7.72. The van der Waals surface area contributed by atoms with Crippen molar-refractivity contribution in [3.8, 4) is 5.75 Å². The summed E-state index contributed by atoms with van der Waals surface area (Å²) in [5.41, 5.74) is 6.99. The van der Waals surface area contributed by atoms with E-state index < -0.39 is 10.0 Å². The highest BCUT2D eigenvalue weighted by atomic mass is 32.2. The second-order valence-corrected chi connectivity index (χ2v) is 9.47. The average molecular weight is 383 g/mol. The quantitative estimate of drug-likeness (QED) is 0.760. The zero-order chi connectivity index (χ0) is 18.8. The molecule has 26 heavy (non-hydrogen) atoms. The maximum atomic E-state index is 12.5. The molecule has 3 fully saturated rings. The van der Waals surface area contributed by atoms with Gasteiger partial charge in [0.15, 0.2) is 0 Å². The van der Waals surface area contributed by atoms with Gasteiger partial charge in [-0.3, -0.25) is 0 Å². The Kier molecular flexibility index (Phi) is 5.42. The number of sulfonamides is 1. The number of fused-ring (bicyclic) bond motifs is 3. The van der Waals surface area contributed by atoms with Gasteiger partial charge in [0.1, 0.15) is 12.4 Å². The van der Waals surface area contributed by atoms with Crippen molar-refractivity contribution in [1.29, 1.82) is 0 Å². The summed E-state index contributed by atoms with van der Waals surface area (Å²) in [5, 5.41) is 0. The molecule has 5 nitrogen and oxygen atoms in total. The summed E-state index contributed by atoms with van der Waals surface area (Å²) in [4.78, 5) is 0. The molecule has 0 amide bonds. The average Bonchev–Trinajstić information content (AvgIpc) is 2.63. The van der Waals surface area contributed by atoms with E-state index in [1.807, 2.05) is 12.1 Å². The van der Waals surface area contributed by atoms with E-state index in [9.17, 15) is 12.8 Å². The molecule has 2 bridgehead atoms. The van der Waals surface area contributed by atoms with Gasteiger partial charge in [-0.25, -0.2) is 17.5 Å². The number of rotatable bonds is 7. The van der Waals surface area contributed by atoms with E-state index in [4.69, 9.17) is 10.5 Å². The van der Waals surface area contributed by atoms with Crippen molar-refractivity contribution in [2.75, 3.05) is 19.4 Å². The van der Waals surface area contributed by atoms with E-state index in [1.54, 1.807) is 0 Å². The Balaban J connectivity index is 1.66. The van der Waals surface area contributed by atoms with Crippen LogP contribution in [0.15, 0.2) is 36.2 Å². The Morgan fingerprint density at radius 3 is 2.23 bits per heavy atom. The number of ether oxygens (including phenoxy) is 1. The first kappa shape index (κ1) is 19.3. The van der Waals surface area contributed by atoms with Gasteiger partial charge in [0.25, 0.3) is 0 Å². The molecule has 1 aromatic carbocycles. The molecule has 0 saturated heterocycles. The fourth-order valence-corrected chi connectivity index (χ4v) is 5.47. The SMILES string of the molecule is CS(=O)(=O)NC12CCC(c3ccc(OCC(=CF)CN)cc3)(CC1)CC2. The fraction of sp³-hybridized carbons (Fsp3) is 0.579. The van der Waals surface area contributed by atoms with E-state index in [0.29, 0.717) is 17.7 Å². The van der Waals surface area contributed by atoms with E-state index in [2.05, 4.69) is 16.9 Å². The van der Waals surface area contributed by atoms with Crippen LogP contribution in [0.25, 0.3) is 0 Å². The van der Waals surface area contributed by atoms with E-state index in [0.717, 1.165) is 38.5 Å². The normalized spacial score (nSPS) is 29.0. The van der Waals surface area contributed by atoms with E-state index in [-0.39, 0.29) is 24.1 Å². The zero-order valence-corrected chi connectivity index (χ0v) is 15.9. The topological polar surface area (TPSA) is 81.4 Å². The molecule has 0 aliphatic heterocycles. The van der Waals surface area contributed by atoms with Gasteiger partial charge in [-0.2, -0.15) is 0 Å². The van der Waals surface area contributed by atoms with Crippen molar-refractivity contribution in [1.82, 2.24) is 4.72 Å². The van der Waals surface area contributed by atoms with Crippen LogP contribution in [0.5, 0.6) is 5.75 Å². The number of nitrogens with two attached hydrogens (primary N) is 1. The number of hydrogen-bond donors (Lipinski definition) is 2. The van der Waals surface area contributed by atoms with Crippen LogP contribution in [0.4, 0.5) is 4.39 Å². The predicted octanol–water partition coefficient (Wildman–Crippen LogP) is 2.77. The van der Waals surface area contributed by atoms with Crippen molar-refractivity contribution in [3.63, 3.8) is 0 Å². The van der Waals surface area contributed by atoms with Crippen molar-refractivity contribution in [2.24, 2.45) is 5.73 Å². The lowest BCUT2D eigenvalue weighted by molar-refractivity contribution is 0.0948.